The van der Waals surface area contributed by atoms with E-state index in [9.17, 15) is 18.5 Å². The van der Waals surface area contributed by atoms with E-state index in [1.807, 2.05) is 13.8 Å². The molecule has 0 saturated heterocycles. The first kappa shape index (κ1) is 17.5. The summed E-state index contributed by atoms with van der Waals surface area (Å²) in [7, 11) is -3.98. The highest BCUT2D eigenvalue weighted by atomic mass is 32.2. The first-order chi connectivity index (χ1) is 9.67. The molecule has 1 atom stereocenters. The van der Waals surface area contributed by atoms with E-state index in [0.717, 1.165) is 0 Å². The maximum Gasteiger partial charge on any atom is 0.289 e. The molecule has 0 radical (unpaired) electrons. The Labute approximate surface area is 124 Å². The van der Waals surface area contributed by atoms with Crippen LogP contribution in [0.15, 0.2) is 23.1 Å². The Morgan fingerprint density at radius 3 is 2.48 bits per heavy atom. The average Bonchev–Trinajstić information content (AvgIpc) is 2.36. The Kier molecular flexibility index (Phi) is 5.82. The van der Waals surface area contributed by atoms with Crippen molar-refractivity contribution < 1.29 is 13.3 Å². The van der Waals surface area contributed by atoms with Gasteiger partial charge in [0.1, 0.15) is 0 Å². The summed E-state index contributed by atoms with van der Waals surface area (Å²) in [5.74, 6) is 0.259. The Morgan fingerprint density at radius 1 is 1.38 bits per heavy atom. The topological polar surface area (TPSA) is 115 Å². The van der Waals surface area contributed by atoms with E-state index in [2.05, 4.69) is 4.72 Å². The lowest BCUT2D eigenvalue weighted by molar-refractivity contribution is -0.387. The predicted molar refractivity (Wildman–Crippen MR) is 80.5 cm³/mol. The third kappa shape index (κ3) is 4.76. The van der Waals surface area contributed by atoms with Gasteiger partial charge in [-0.15, -0.1) is 0 Å². The molecule has 3 N–H and O–H groups in total. The second kappa shape index (κ2) is 6.97. The Balaban J connectivity index is 3.16. The Bertz CT molecular complexity index is 614. The molecule has 118 valence electrons. The van der Waals surface area contributed by atoms with Crippen LogP contribution in [0.5, 0.6) is 0 Å². The standard InChI is InChI=1S/C13H21N3O4S/c1-9(2)6-11(8-14)15-21(19,20)13-5-4-10(3)7-12(13)16(17)18/h4-5,7,9,11,15H,6,8,14H2,1-3H3/t11-/m0/s1. The largest absolute Gasteiger partial charge is 0.329 e. The summed E-state index contributed by atoms with van der Waals surface area (Å²) in [6, 6.07) is 3.57. The number of aryl methyl sites for hydroxylation is 1. The first-order valence-corrected chi connectivity index (χ1v) is 8.13. The third-order valence-electron chi connectivity index (χ3n) is 2.96. The van der Waals surface area contributed by atoms with E-state index < -0.39 is 26.7 Å². The van der Waals surface area contributed by atoms with Crippen molar-refractivity contribution in [1.29, 1.82) is 0 Å². The lowest BCUT2D eigenvalue weighted by Crippen LogP contribution is -2.41. The Hall–Kier alpha value is -1.51. The number of hydrogen-bond acceptors (Lipinski definition) is 5. The van der Waals surface area contributed by atoms with Crippen molar-refractivity contribution in [2.24, 2.45) is 11.7 Å². The van der Waals surface area contributed by atoms with Crippen LogP contribution in [0.3, 0.4) is 0 Å². The summed E-state index contributed by atoms with van der Waals surface area (Å²) in [6.07, 6.45) is 0.565. The fourth-order valence-corrected chi connectivity index (χ4v) is 3.46. The number of rotatable bonds is 7. The zero-order valence-corrected chi connectivity index (χ0v) is 13.2. The van der Waals surface area contributed by atoms with Gasteiger partial charge in [-0.05, 0) is 30.9 Å². The zero-order chi connectivity index (χ0) is 16.2. The summed E-state index contributed by atoms with van der Waals surface area (Å²) < 4.78 is 27.1. The number of nitrogens with zero attached hydrogens (tertiary/aromatic N) is 1. The maximum absolute atomic E-state index is 12.3. The molecule has 0 saturated carbocycles. The van der Waals surface area contributed by atoms with Crippen molar-refractivity contribution in [3.63, 3.8) is 0 Å². The molecular formula is C13H21N3O4S. The van der Waals surface area contributed by atoms with Crippen molar-refractivity contribution in [3.8, 4) is 0 Å². The van der Waals surface area contributed by atoms with Gasteiger partial charge in [-0.25, -0.2) is 13.1 Å². The van der Waals surface area contributed by atoms with Crippen molar-refractivity contribution in [2.75, 3.05) is 6.54 Å². The number of benzene rings is 1. The van der Waals surface area contributed by atoms with E-state index in [-0.39, 0.29) is 17.4 Å². The second-order valence-electron chi connectivity index (χ2n) is 5.41. The minimum absolute atomic E-state index is 0.136. The number of nitro groups is 1. The van der Waals surface area contributed by atoms with Gasteiger partial charge in [0, 0.05) is 18.7 Å². The molecule has 7 nitrogen and oxygen atoms in total. The van der Waals surface area contributed by atoms with Crippen LogP contribution in [-0.2, 0) is 10.0 Å². The molecule has 0 aromatic heterocycles. The van der Waals surface area contributed by atoms with Gasteiger partial charge < -0.3 is 5.73 Å². The molecule has 0 aliphatic rings. The third-order valence-corrected chi connectivity index (χ3v) is 4.53. The van der Waals surface area contributed by atoms with E-state index in [1.165, 1.54) is 18.2 Å². The molecule has 0 spiro atoms. The molecule has 0 amide bonds. The van der Waals surface area contributed by atoms with Crippen molar-refractivity contribution in [3.05, 3.63) is 33.9 Å². The zero-order valence-electron chi connectivity index (χ0n) is 12.4. The number of nitrogens with one attached hydrogen (secondary N) is 1. The molecular weight excluding hydrogens is 294 g/mol. The minimum Gasteiger partial charge on any atom is -0.329 e. The molecule has 8 heteroatoms. The fraction of sp³-hybridized carbons (Fsp3) is 0.538. The summed E-state index contributed by atoms with van der Waals surface area (Å²) in [5.41, 5.74) is 5.76. The van der Waals surface area contributed by atoms with Gasteiger partial charge in [0.05, 0.1) is 4.92 Å². The molecule has 1 aromatic carbocycles. The number of hydrogen-bond donors (Lipinski definition) is 2. The predicted octanol–water partition coefficient (Wildman–Crippen LogP) is 1.55. The molecule has 0 aliphatic carbocycles. The van der Waals surface area contributed by atoms with E-state index in [0.29, 0.717) is 12.0 Å². The van der Waals surface area contributed by atoms with E-state index in [1.54, 1.807) is 6.92 Å². The highest BCUT2D eigenvalue weighted by Gasteiger charge is 2.28. The number of nitrogens with two attached hydrogens (primary N) is 1. The number of sulfonamides is 1. The van der Waals surface area contributed by atoms with Gasteiger partial charge in [-0.3, -0.25) is 10.1 Å². The molecule has 21 heavy (non-hydrogen) atoms. The average molecular weight is 315 g/mol. The highest BCUT2D eigenvalue weighted by molar-refractivity contribution is 7.89. The molecule has 0 bridgehead atoms. The lowest BCUT2D eigenvalue weighted by Gasteiger charge is -2.18. The molecule has 0 fully saturated rings. The van der Waals surface area contributed by atoms with Crippen LogP contribution < -0.4 is 10.5 Å². The number of nitro benzene ring substituents is 1. The monoisotopic (exact) mass is 315 g/mol. The lowest BCUT2D eigenvalue weighted by atomic mass is 10.1. The van der Waals surface area contributed by atoms with E-state index >= 15 is 0 Å². The maximum atomic E-state index is 12.3. The van der Waals surface area contributed by atoms with Crippen LogP contribution in [0.25, 0.3) is 0 Å². The smallest absolute Gasteiger partial charge is 0.289 e. The summed E-state index contributed by atoms with van der Waals surface area (Å²) in [6.45, 7) is 5.70. The quantitative estimate of drug-likeness (QED) is 0.585. The first-order valence-electron chi connectivity index (χ1n) is 6.64. The minimum atomic E-state index is -3.98. The van der Waals surface area contributed by atoms with Gasteiger partial charge in [0.15, 0.2) is 4.90 Å². The van der Waals surface area contributed by atoms with Crippen molar-refractivity contribution in [2.45, 2.75) is 38.1 Å². The van der Waals surface area contributed by atoms with Crippen molar-refractivity contribution in [1.82, 2.24) is 4.72 Å². The van der Waals surface area contributed by atoms with Crippen LogP contribution in [0.2, 0.25) is 0 Å². The van der Waals surface area contributed by atoms with Gasteiger partial charge in [0.25, 0.3) is 5.69 Å². The van der Waals surface area contributed by atoms with E-state index in [4.69, 9.17) is 5.73 Å². The molecule has 1 aromatic rings. The second-order valence-corrected chi connectivity index (χ2v) is 7.09. The van der Waals surface area contributed by atoms with Gasteiger partial charge >= 0.3 is 0 Å². The normalized spacial score (nSPS) is 13.4. The fourth-order valence-electron chi connectivity index (χ4n) is 2.04. The summed E-state index contributed by atoms with van der Waals surface area (Å²) in [5, 5.41) is 11.0. The summed E-state index contributed by atoms with van der Waals surface area (Å²) in [4.78, 5) is 10.0. The highest BCUT2D eigenvalue weighted by Crippen LogP contribution is 2.25. The van der Waals surface area contributed by atoms with Gasteiger partial charge in [-0.2, -0.15) is 0 Å². The van der Waals surface area contributed by atoms with Crippen LogP contribution in [0, 0.1) is 23.0 Å². The molecule has 1 rings (SSSR count). The molecule has 0 heterocycles. The van der Waals surface area contributed by atoms with Crippen molar-refractivity contribution >= 4 is 15.7 Å². The molecule has 0 unspecified atom stereocenters. The SMILES string of the molecule is Cc1ccc(S(=O)(=O)N[C@H](CN)CC(C)C)c([N+](=O)[O-])c1. The van der Waals surface area contributed by atoms with Gasteiger partial charge in [0.2, 0.25) is 10.0 Å². The summed E-state index contributed by atoms with van der Waals surface area (Å²) >= 11 is 0. The van der Waals surface area contributed by atoms with Gasteiger partial charge in [-0.1, -0.05) is 19.9 Å². The van der Waals surface area contributed by atoms with Crippen LogP contribution in [0.1, 0.15) is 25.8 Å². The van der Waals surface area contributed by atoms with Crippen LogP contribution in [0.4, 0.5) is 5.69 Å². The van der Waals surface area contributed by atoms with Crippen LogP contribution in [-0.4, -0.2) is 25.9 Å². The molecule has 0 aliphatic heterocycles. The van der Waals surface area contributed by atoms with Crippen LogP contribution >= 0.6 is 0 Å². The Morgan fingerprint density at radius 2 is 2.00 bits per heavy atom.